The summed E-state index contributed by atoms with van der Waals surface area (Å²) in [6.07, 6.45) is 1.67. The zero-order valence-corrected chi connectivity index (χ0v) is 15.0. The second-order valence-corrected chi connectivity index (χ2v) is 7.15. The number of amides is 2. The maximum atomic E-state index is 13.6. The summed E-state index contributed by atoms with van der Waals surface area (Å²) in [5, 5.41) is 10.1. The molecule has 1 atom stereocenters. The number of urea groups is 1. The van der Waals surface area contributed by atoms with Gasteiger partial charge < -0.3 is 10.6 Å². The fourth-order valence-corrected chi connectivity index (χ4v) is 2.65. The van der Waals surface area contributed by atoms with Crippen LogP contribution in [0.1, 0.15) is 38.1 Å². The van der Waals surface area contributed by atoms with Crippen LogP contribution >= 0.6 is 11.6 Å². The van der Waals surface area contributed by atoms with Crippen LogP contribution < -0.4 is 10.6 Å². The van der Waals surface area contributed by atoms with Crippen molar-refractivity contribution in [2.75, 3.05) is 0 Å². The molecule has 0 saturated carbocycles. The monoisotopic (exact) mass is 352 g/mol. The smallest absolute Gasteiger partial charge is 0.315 e. The van der Waals surface area contributed by atoms with Gasteiger partial charge in [0.2, 0.25) is 0 Å². The summed E-state index contributed by atoms with van der Waals surface area (Å²) >= 11 is 6.21. The van der Waals surface area contributed by atoms with E-state index in [1.54, 1.807) is 17.9 Å². The molecule has 2 N–H and O–H groups in total. The van der Waals surface area contributed by atoms with E-state index in [0.717, 1.165) is 5.69 Å². The van der Waals surface area contributed by atoms with Gasteiger partial charge in [0.1, 0.15) is 5.82 Å². The van der Waals surface area contributed by atoms with Gasteiger partial charge in [-0.15, -0.1) is 0 Å². The fraction of sp³-hybridized carbons (Fsp3) is 0.412. The molecule has 1 aromatic carbocycles. The lowest BCUT2D eigenvalue weighted by Gasteiger charge is -2.32. The number of aryl methyl sites for hydroxylation is 1. The van der Waals surface area contributed by atoms with Crippen molar-refractivity contribution in [3.63, 3.8) is 0 Å². The van der Waals surface area contributed by atoms with E-state index >= 15 is 0 Å². The summed E-state index contributed by atoms with van der Waals surface area (Å²) in [6, 6.07) is 5.20. The highest BCUT2D eigenvalue weighted by Crippen LogP contribution is 2.36. The predicted octanol–water partition coefficient (Wildman–Crippen LogP) is 3.80. The van der Waals surface area contributed by atoms with Crippen molar-refractivity contribution in [2.45, 2.75) is 33.4 Å². The molecule has 0 bridgehead atoms. The molecule has 130 valence electrons. The molecule has 0 aliphatic heterocycles. The Labute approximate surface area is 146 Å². The molecule has 2 amide bonds. The van der Waals surface area contributed by atoms with Crippen molar-refractivity contribution in [1.82, 2.24) is 20.4 Å². The first kappa shape index (κ1) is 18.3. The molecule has 5 nitrogen and oxygen atoms in total. The molecule has 7 heteroatoms. The lowest BCUT2D eigenvalue weighted by Crippen LogP contribution is -2.42. The molecule has 0 radical (unpaired) electrons. The quantitative estimate of drug-likeness (QED) is 0.879. The Morgan fingerprint density at radius 1 is 1.38 bits per heavy atom. The number of aromatic nitrogens is 2. The number of rotatable bonds is 4. The Kier molecular flexibility index (Phi) is 5.49. The van der Waals surface area contributed by atoms with Crippen molar-refractivity contribution < 1.29 is 9.18 Å². The molecule has 2 rings (SSSR count). The van der Waals surface area contributed by atoms with Gasteiger partial charge >= 0.3 is 6.03 Å². The number of nitrogens with one attached hydrogen (secondary N) is 2. The number of carbonyl (C=O) groups is 1. The predicted molar refractivity (Wildman–Crippen MR) is 92.2 cm³/mol. The van der Waals surface area contributed by atoms with Gasteiger partial charge in [-0.1, -0.05) is 32.4 Å². The van der Waals surface area contributed by atoms with Gasteiger partial charge in [0.05, 0.1) is 18.3 Å². The first-order valence-electron chi connectivity index (χ1n) is 7.64. The van der Waals surface area contributed by atoms with Crippen LogP contribution in [0.4, 0.5) is 9.18 Å². The number of carbonyl (C=O) groups excluding carboxylic acids is 1. The minimum Gasteiger partial charge on any atom is -0.333 e. The summed E-state index contributed by atoms with van der Waals surface area (Å²) < 4.78 is 15.3. The highest BCUT2D eigenvalue weighted by Gasteiger charge is 2.30. The van der Waals surface area contributed by atoms with E-state index < -0.39 is 6.04 Å². The van der Waals surface area contributed by atoms with Gasteiger partial charge in [-0.05, 0) is 35.2 Å². The van der Waals surface area contributed by atoms with Gasteiger partial charge in [-0.3, -0.25) is 4.68 Å². The Bertz CT molecular complexity index is 724. The van der Waals surface area contributed by atoms with Crippen molar-refractivity contribution in [1.29, 1.82) is 0 Å². The van der Waals surface area contributed by atoms with Crippen LogP contribution in [-0.2, 0) is 13.6 Å². The average Bonchev–Trinajstić information content (AvgIpc) is 2.89. The van der Waals surface area contributed by atoms with Gasteiger partial charge in [-0.25, -0.2) is 9.18 Å². The number of nitrogens with zero attached hydrogens (tertiary/aromatic N) is 2. The van der Waals surface area contributed by atoms with E-state index in [4.69, 9.17) is 11.6 Å². The summed E-state index contributed by atoms with van der Waals surface area (Å²) in [7, 11) is 1.80. The SMILES string of the molecule is Cn1nccc1CNC(=O)NC(c1cc(F)ccc1Cl)C(C)(C)C. The molecule has 24 heavy (non-hydrogen) atoms. The third kappa shape index (κ3) is 4.47. The maximum Gasteiger partial charge on any atom is 0.315 e. The largest absolute Gasteiger partial charge is 0.333 e. The highest BCUT2D eigenvalue weighted by atomic mass is 35.5. The van der Waals surface area contributed by atoms with Crippen molar-refractivity contribution >= 4 is 17.6 Å². The number of hydrogen-bond acceptors (Lipinski definition) is 2. The summed E-state index contributed by atoms with van der Waals surface area (Å²) in [5.41, 5.74) is 1.09. The van der Waals surface area contributed by atoms with E-state index in [1.807, 2.05) is 26.8 Å². The summed E-state index contributed by atoms with van der Waals surface area (Å²) in [4.78, 5) is 12.3. The molecule has 2 aromatic rings. The third-order valence-corrected chi connectivity index (χ3v) is 4.11. The van der Waals surface area contributed by atoms with Crippen LogP contribution in [0.2, 0.25) is 5.02 Å². The summed E-state index contributed by atoms with van der Waals surface area (Å²) in [6.45, 7) is 6.22. The normalized spacial score (nSPS) is 12.8. The number of halogens is 2. The van der Waals surface area contributed by atoms with Crippen LogP contribution in [-0.4, -0.2) is 15.8 Å². The molecule has 0 spiro atoms. The maximum absolute atomic E-state index is 13.6. The van der Waals surface area contributed by atoms with Crippen LogP contribution in [0.25, 0.3) is 0 Å². The van der Waals surface area contributed by atoms with Crippen molar-refractivity contribution in [2.24, 2.45) is 12.5 Å². The zero-order valence-electron chi connectivity index (χ0n) is 14.2. The van der Waals surface area contributed by atoms with E-state index in [9.17, 15) is 9.18 Å². The molecular formula is C17H22ClFN4O. The third-order valence-electron chi connectivity index (χ3n) is 3.76. The van der Waals surface area contributed by atoms with Gasteiger partial charge in [0, 0.05) is 18.3 Å². The Morgan fingerprint density at radius 2 is 2.08 bits per heavy atom. The van der Waals surface area contributed by atoms with E-state index in [-0.39, 0.29) is 17.3 Å². The molecule has 1 heterocycles. The average molecular weight is 353 g/mol. The van der Waals surface area contributed by atoms with Crippen molar-refractivity contribution in [3.8, 4) is 0 Å². The molecule has 0 fully saturated rings. The fourth-order valence-electron chi connectivity index (χ4n) is 2.42. The lowest BCUT2D eigenvalue weighted by molar-refractivity contribution is 0.218. The second kappa shape index (κ2) is 7.21. The summed E-state index contributed by atoms with van der Waals surface area (Å²) in [5.74, 6) is -0.388. The Balaban J connectivity index is 2.13. The molecule has 0 saturated heterocycles. The number of hydrogen-bond donors (Lipinski definition) is 2. The molecule has 1 unspecified atom stereocenters. The van der Waals surface area contributed by atoms with Gasteiger partial charge in [0.15, 0.2) is 0 Å². The standard InChI is InChI=1S/C17H22ClFN4O/c1-17(2,3)15(13-9-11(19)5-6-14(13)18)22-16(24)20-10-12-7-8-21-23(12)4/h5-9,15H,10H2,1-4H3,(H2,20,22,24). The molecule has 1 aromatic heterocycles. The van der Waals surface area contributed by atoms with Crippen LogP contribution in [0.15, 0.2) is 30.5 Å². The highest BCUT2D eigenvalue weighted by molar-refractivity contribution is 6.31. The van der Waals surface area contributed by atoms with E-state index in [0.29, 0.717) is 17.1 Å². The zero-order chi connectivity index (χ0) is 17.9. The van der Waals surface area contributed by atoms with E-state index in [2.05, 4.69) is 15.7 Å². The molecular weight excluding hydrogens is 331 g/mol. The van der Waals surface area contributed by atoms with Gasteiger partial charge in [0.25, 0.3) is 0 Å². The van der Waals surface area contributed by atoms with E-state index in [1.165, 1.54) is 18.2 Å². The van der Waals surface area contributed by atoms with Crippen molar-refractivity contribution in [3.05, 3.63) is 52.6 Å². The Hall–Kier alpha value is -2.08. The molecule has 0 aliphatic rings. The molecule has 0 aliphatic carbocycles. The first-order chi connectivity index (χ1) is 11.2. The Morgan fingerprint density at radius 3 is 2.67 bits per heavy atom. The minimum absolute atomic E-state index is 0.343. The first-order valence-corrected chi connectivity index (χ1v) is 8.02. The number of benzene rings is 1. The van der Waals surface area contributed by atoms with Crippen LogP contribution in [0, 0.1) is 11.2 Å². The van der Waals surface area contributed by atoms with Crippen LogP contribution in [0.3, 0.4) is 0 Å². The topological polar surface area (TPSA) is 59.0 Å². The lowest BCUT2D eigenvalue weighted by atomic mass is 9.82. The second-order valence-electron chi connectivity index (χ2n) is 6.74. The minimum atomic E-state index is -0.438. The van der Waals surface area contributed by atoms with Crippen LogP contribution in [0.5, 0.6) is 0 Å². The van der Waals surface area contributed by atoms with Gasteiger partial charge in [-0.2, -0.15) is 5.10 Å².